The molecule has 0 aliphatic rings. The van der Waals surface area contributed by atoms with Gasteiger partial charge in [-0.1, -0.05) is 25.5 Å². The Kier molecular flexibility index (Phi) is 5.15. The quantitative estimate of drug-likeness (QED) is 0.764. The maximum atomic E-state index is 11.8. The fraction of sp³-hybridized carbons (Fsp3) is 0.417. The van der Waals surface area contributed by atoms with E-state index >= 15 is 0 Å². The standard InChI is InChI=1S/C12H16O5S/c1-2-3-8-17-10-6-4-5-7-11(10)18(15,16)9-12(13)14/h4-7H,2-3,8-9H2,1H3,(H,13,14). The van der Waals surface area contributed by atoms with Crippen LogP contribution in [0.25, 0.3) is 0 Å². The van der Waals surface area contributed by atoms with Crippen LogP contribution in [0, 0.1) is 0 Å². The van der Waals surface area contributed by atoms with Crippen molar-refractivity contribution in [2.45, 2.75) is 24.7 Å². The smallest absolute Gasteiger partial charge is 0.319 e. The second kappa shape index (κ2) is 6.39. The molecule has 0 fully saturated rings. The first-order chi connectivity index (χ1) is 8.47. The molecule has 0 heterocycles. The highest BCUT2D eigenvalue weighted by Crippen LogP contribution is 2.24. The van der Waals surface area contributed by atoms with E-state index in [4.69, 9.17) is 9.84 Å². The van der Waals surface area contributed by atoms with Gasteiger partial charge in [-0.05, 0) is 18.6 Å². The average molecular weight is 272 g/mol. The van der Waals surface area contributed by atoms with E-state index in [1.54, 1.807) is 12.1 Å². The zero-order chi connectivity index (χ0) is 13.6. The van der Waals surface area contributed by atoms with Crippen LogP contribution in [0.15, 0.2) is 29.2 Å². The van der Waals surface area contributed by atoms with Gasteiger partial charge >= 0.3 is 5.97 Å². The summed E-state index contributed by atoms with van der Waals surface area (Å²) < 4.78 is 29.0. The van der Waals surface area contributed by atoms with E-state index in [0.29, 0.717) is 6.61 Å². The third kappa shape index (κ3) is 4.03. The van der Waals surface area contributed by atoms with Gasteiger partial charge in [-0.3, -0.25) is 4.79 Å². The number of carbonyl (C=O) groups is 1. The Morgan fingerprint density at radius 1 is 1.33 bits per heavy atom. The van der Waals surface area contributed by atoms with Crippen molar-refractivity contribution >= 4 is 15.8 Å². The molecule has 0 bridgehead atoms. The van der Waals surface area contributed by atoms with Gasteiger partial charge in [-0.25, -0.2) is 8.42 Å². The van der Waals surface area contributed by atoms with Crippen LogP contribution in [0.1, 0.15) is 19.8 Å². The topological polar surface area (TPSA) is 80.7 Å². The van der Waals surface area contributed by atoms with Crippen LogP contribution in [-0.2, 0) is 14.6 Å². The number of sulfone groups is 1. The molecule has 0 spiro atoms. The van der Waals surface area contributed by atoms with E-state index < -0.39 is 21.6 Å². The molecule has 0 aromatic heterocycles. The molecular weight excluding hydrogens is 256 g/mol. The highest BCUT2D eigenvalue weighted by Gasteiger charge is 2.22. The van der Waals surface area contributed by atoms with E-state index in [1.165, 1.54) is 12.1 Å². The Labute approximate surface area is 106 Å². The number of unbranched alkanes of at least 4 members (excludes halogenated alkanes) is 1. The van der Waals surface area contributed by atoms with E-state index in [1.807, 2.05) is 6.92 Å². The molecular formula is C12H16O5S. The lowest BCUT2D eigenvalue weighted by Gasteiger charge is -2.10. The van der Waals surface area contributed by atoms with Crippen molar-refractivity contribution in [2.75, 3.05) is 12.4 Å². The van der Waals surface area contributed by atoms with Crippen LogP contribution < -0.4 is 4.74 Å². The fourth-order valence-electron chi connectivity index (χ4n) is 1.39. The number of carboxylic acid groups (broad SMARTS) is 1. The lowest BCUT2D eigenvalue weighted by atomic mass is 10.3. The molecule has 18 heavy (non-hydrogen) atoms. The monoisotopic (exact) mass is 272 g/mol. The van der Waals surface area contributed by atoms with Crippen LogP contribution >= 0.6 is 0 Å². The molecule has 1 N–H and O–H groups in total. The van der Waals surface area contributed by atoms with E-state index in [2.05, 4.69) is 0 Å². The first kappa shape index (κ1) is 14.5. The summed E-state index contributed by atoms with van der Waals surface area (Å²) in [5.41, 5.74) is 0. The van der Waals surface area contributed by atoms with Gasteiger partial charge in [0.15, 0.2) is 15.6 Å². The Morgan fingerprint density at radius 3 is 2.61 bits per heavy atom. The molecule has 0 aliphatic heterocycles. The zero-order valence-corrected chi connectivity index (χ0v) is 10.9. The summed E-state index contributed by atoms with van der Waals surface area (Å²) in [5.74, 6) is -2.09. The number of para-hydroxylation sites is 1. The van der Waals surface area contributed by atoms with Gasteiger partial charge < -0.3 is 9.84 Å². The van der Waals surface area contributed by atoms with Gasteiger partial charge in [0.05, 0.1) is 6.61 Å². The van der Waals surface area contributed by atoms with Crippen LogP contribution in [-0.4, -0.2) is 31.9 Å². The normalized spacial score (nSPS) is 11.2. The van der Waals surface area contributed by atoms with Gasteiger partial charge in [0, 0.05) is 0 Å². The molecule has 6 heteroatoms. The second-order valence-corrected chi connectivity index (χ2v) is 5.76. The summed E-state index contributed by atoms with van der Waals surface area (Å²) in [7, 11) is -3.85. The molecule has 1 aromatic rings. The number of rotatable bonds is 7. The van der Waals surface area contributed by atoms with E-state index in [0.717, 1.165) is 12.8 Å². The SMILES string of the molecule is CCCCOc1ccccc1S(=O)(=O)CC(=O)O. The van der Waals surface area contributed by atoms with Gasteiger partial charge in [0.2, 0.25) is 0 Å². The summed E-state index contributed by atoms with van der Waals surface area (Å²) in [6, 6.07) is 6.09. The summed E-state index contributed by atoms with van der Waals surface area (Å²) in [5, 5.41) is 8.60. The molecule has 0 unspecified atom stereocenters. The molecule has 0 aliphatic carbocycles. The minimum Gasteiger partial charge on any atom is -0.492 e. The summed E-state index contributed by atoms with van der Waals surface area (Å²) in [6.45, 7) is 2.41. The van der Waals surface area contributed by atoms with Gasteiger partial charge in [0.25, 0.3) is 0 Å². The zero-order valence-electron chi connectivity index (χ0n) is 10.1. The summed E-state index contributed by atoms with van der Waals surface area (Å²) in [4.78, 5) is 10.5. The van der Waals surface area contributed by atoms with Crippen molar-refractivity contribution in [2.24, 2.45) is 0 Å². The van der Waals surface area contributed by atoms with Gasteiger partial charge in [0.1, 0.15) is 10.6 Å². The van der Waals surface area contributed by atoms with Crippen LogP contribution in [0.3, 0.4) is 0 Å². The maximum absolute atomic E-state index is 11.8. The Balaban J connectivity index is 2.97. The van der Waals surface area contributed by atoms with Gasteiger partial charge in [-0.15, -0.1) is 0 Å². The Bertz CT molecular complexity index is 507. The molecule has 0 atom stereocenters. The largest absolute Gasteiger partial charge is 0.492 e. The lowest BCUT2D eigenvalue weighted by Crippen LogP contribution is -2.16. The third-order valence-corrected chi connectivity index (χ3v) is 3.89. The third-order valence-electron chi connectivity index (χ3n) is 2.25. The number of benzene rings is 1. The molecule has 5 nitrogen and oxygen atoms in total. The van der Waals surface area contributed by atoms with E-state index in [9.17, 15) is 13.2 Å². The van der Waals surface area contributed by atoms with Crippen molar-refractivity contribution in [1.82, 2.24) is 0 Å². The minimum atomic E-state index is -3.85. The number of hydrogen-bond donors (Lipinski definition) is 1. The van der Waals surface area contributed by atoms with Crippen molar-refractivity contribution in [3.05, 3.63) is 24.3 Å². The summed E-state index contributed by atoms with van der Waals surface area (Å²) >= 11 is 0. The molecule has 0 radical (unpaired) electrons. The molecule has 0 saturated carbocycles. The molecule has 100 valence electrons. The first-order valence-corrected chi connectivity index (χ1v) is 7.29. The number of hydrogen-bond acceptors (Lipinski definition) is 4. The van der Waals surface area contributed by atoms with Gasteiger partial charge in [-0.2, -0.15) is 0 Å². The molecule has 1 rings (SSSR count). The predicted molar refractivity (Wildman–Crippen MR) is 66.5 cm³/mol. The molecule has 0 saturated heterocycles. The fourth-order valence-corrected chi connectivity index (χ4v) is 2.59. The lowest BCUT2D eigenvalue weighted by molar-refractivity contribution is -0.134. The number of carboxylic acids is 1. The highest BCUT2D eigenvalue weighted by molar-refractivity contribution is 7.92. The Morgan fingerprint density at radius 2 is 2.00 bits per heavy atom. The van der Waals surface area contributed by atoms with E-state index in [-0.39, 0.29) is 10.6 Å². The van der Waals surface area contributed by atoms with Crippen molar-refractivity contribution in [3.8, 4) is 5.75 Å². The maximum Gasteiger partial charge on any atom is 0.319 e. The summed E-state index contributed by atoms with van der Waals surface area (Å²) in [6.07, 6.45) is 1.75. The number of ether oxygens (including phenoxy) is 1. The van der Waals surface area contributed by atoms with Crippen LogP contribution in [0.5, 0.6) is 5.75 Å². The Hall–Kier alpha value is -1.56. The predicted octanol–water partition coefficient (Wildman–Crippen LogP) is 1.72. The van der Waals surface area contributed by atoms with Crippen molar-refractivity contribution in [1.29, 1.82) is 0 Å². The van der Waals surface area contributed by atoms with Crippen LogP contribution in [0.4, 0.5) is 0 Å². The first-order valence-electron chi connectivity index (χ1n) is 5.63. The second-order valence-electron chi connectivity index (χ2n) is 3.80. The van der Waals surface area contributed by atoms with Crippen molar-refractivity contribution in [3.63, 3.8) is 0 Å². The van der Waals surface area contributed by atoms with Crippen LogP contribution in [0.2, 0.25) is 0 Å². The molecule has 1 aromatic carbocycles. The number of aliphatic carboxylic acids is 1. The van der Waals surface area contributed by atoms with Crippen molar-refractivity contribution < 1.29 is 23.1 Å². The molecule has 0 amide bonds. The highest BCUT2D eigenvalue weighted by atomic mass is 32.2. The minimum absolute atomic E-state index is 0.0662. The average Bonchev–Trinajstić information content (AvgIpc) is 2.28.